The van der Waals surface area contributed by atoms with Crippen LogP contribution in [0.2, 0.25) is 58.9 Å². The first kappa shape index (κ1) is 17.3. The summed E-state index contributed by atoms with van der Waals surface area (Å²) in [5.41, 5.74) is 0. The zero-order valence-corrected chi connectivity index (χ0v) is 16.8. The van der Waals surface area contributed by atoms with Crippen LogP contribution in [0.5, 0.6) is 0 Å². The fraction of sp³-hybridized carbons (Fsp3) is 1.00. The van der Waals surface area contributed by atoms with Gasteiger partial charge in [-0.1, -0.05) is 0 Å². The van der Waals surface area contributed by atoms with E-state index in [1.54, 1.807) is 0 Å². The minimum absolute atomic E-state index is 0.247. The Bertz CT molecular complexity index is 294. The summed E-state index contributed by atoms with van der Waals surface area (Å²) in [5.74, 6) is 0. The van der Waals surface area contributed by atoms with Gasteiger partial charge in [0.2, 0.25) is 17.1 Å². The highest BCUT2D eigenvalue weighted by Gasteiger charge is 2.42. The van der Waals surface area contributed by atoms with Crippen LogP contribution in [0.4, 0.5) is 0 Å². The van der Waals surface area contributed by atoms with Crippen molar-refractivity contribution in [1.29, 1.82) is 0 Å². The number of hydrogen-bond acceptors (Lipinski definition) is 3. The second-order valence-corrected chi connectivity index (χ2v) is 22.3. The van der Waals surface area contributed by atoms with E-state index in [-0.39, 0.29) is 8.88 Å². The SMILES string of the molecule is C[Si](C)(C)N=NPN=[N+]([Si](C)(C)C)[Si](C)(C)C. The molecule has 17 heavy (non-hydrogen) atoms. The van der Waals surface area contributed by atoms with Gasteiger partial charge in [0.25, 0.3) is 0 Å². The van der Waals surface area contributed by atoms with Crippen molar-refractivity contribution >= 4 is 33.6 Å². The topological polar surface area (TPSA) is 40.1 Å². The molecule has 0 saturated carbocycles. The molecule has 1 unspecified atom stereocenters. The van der Waals surface area contributed by atoms with Gasteiger partial charge in [-0.25, -0.2) is 4.78 Å². The first-order valence-corrected chi connectivity index (χ1v) is 17.3. The lowest BCUT2D eigenvalue weighted by Gasteiger charge is -2.22. The summed E-state index contributed by atoms with van der Waals surface area (Å²) in [6.07, 6.45) is 0. The number of hydrogen-bond donors (Lipinski definition) is 0. The third-order valence-electron chi connectivity index (χ3n) is 1.81. The van der Waals surface area contributed by atoms with Gasteiger partial charge in [-0.05, 0) is 63.8 Å². The second kappa shape index (κ2) is 5.95. The monoisotopic (exact) mass is 307 g/mol. The number of nitrogens with zero attached hydrogens (tertiary/aromatic N) is 4. The zero-order valence-electron chi connectivity index (χ0n) is 12.8. The molecule has 0 rings (SSSR count). The summed E-state index contributed by atoms with van der Waals surface area (Å²) in [7, 11) is -3.91. The van der Waals surface area contributed by atoms with Crippen molar-refractivity contribution in [2.75, 3.05) is 0 Å². The van der Waals surface area contributed by atoms with Gasteiger partial charge >= 0.3 is 16.5 Å². The first-order valence-electron chi connectivity index (χ1n) is 6.02. The van der Waals surface area contributed by atoms with Crippen LogP contribution in [0, 0.1) is 0 Å². The molecule has 8 heteroatoms. The van der Waals surface area contributed by atoms with Gasteiger partial charge in [0.05, 0.1) is 0 Å². The third-order valence-corrected chi connectivity index (χ3v) is 10.4. The van der Waals surface area contributed by atoms with E-state index in [4.69, 9.17) is 4.88 Å². The molecule has 0 aromatic heterocycles. The van der Waals surface area contributed by atoms with Crippen molar-refractivity contribution < 1.29 is 4.03 Å². The maximum absolute atomic E-state index is 4.72. The van der Waals surface area contributed by atoms with Crippen molar-refractivity contribution in [2.24, 2.45) is 14.5 Å². The van der Waals surface area contributed by atoms with E-state index in [0.717, 1.165) is 0 Å². The number of rotatable bonds is 5. The average Bonchev–Trinajstić information content (AvgIpc) is 1.95. The first-order chi connectivity index (χ1) is 7.34. The van der Waals surface area contributed by atoms with E-state index in [0.29, 0.717) is 0 Å². The molecular formula is C9H28N4PSi3+. The van der Waals surface area contributed by atoms with E-state index in [2.05, 4.69) is 72.6 Å². The normalized spacial score (nSPS) is 14.9. The lowest BCUT2D eigenvalue weighted by Crippen LogP contribution is -2.50. The molecule has 0 heterocycles. The molecule has 0 aliphatic carbocycles. The molecule has 0 aliphatic rings. The summed E-state index contributed by atoms with van der Waals surface area (Å²) >= 11 is 0. The van der Waals surface area contributed by atoms with Crippen molar-refractivity contribution in [3.8, 4) is 0 Å². The highest BCUT2D eigenvalue weighted by atomic mass is 31.1. The fourth-order valence-electron chi connectivity index (χ4n) is 1.54. The van der Waals surface area contributed by atoms with Crippen LogP contribution in [0.1, 0.15) is 0 Å². The standard InChI is InChI=1S/C9H28N4PSi3/c1-15(2,3)11-10-14-12-13(16(4,5)6)17(7,8)9/h14H,1-9H3/q+1. The minimum Gasteiger partial charge on any atom is -0.268 e. The van der Waals surface area contributed by atoms with E-state index in [1.807, 2.05) is 0 Å². The molecule has 0 aromatic rings. The molecule has 0 amide bonds. The molecule has 0 spiro atoms. The Hall–Kier alpha value is 0.281. The highest BCUT2D eigenvalue weighted by Crippen LogP contribution is 2.23. The molecule has 0 saturated heterocycles. The predicted molar refractivity (Wildman–Crippen MR) is 85.9 cm³/mol. The Morgan fingerprint density at radius 3 is 1.47 bits per heavy atom. The molecule has 0 bridgehead atoms. The Balaban J connectivity index is 4.82. The summed E-state index contributed by atoms with van der Waals surface area (Å²) in [6.45, 7) is 20.6. The summed E-state index contributed by atoms with van der Waals surface area (Å²) in [5, 5.41) is 0. The predicted octanol–water partition coefficient (Wildman–Crippen LogP) is 4.92. The van der Waals surface area contributed by atoms with Gasteiger partial charge in [-0.3, -0.25) is 4.03 Å². The van der Waals surface area contributed by atoms with Gasteiger partial charge in [0, 0.05) is 0 Å². The van der Waals surface area contributed by atoms with E-state index >= 15 is 0 Å². The molecule has 0 aromatic carbocycles. The maximum atomic E-state index is 4.72. The van der Waals surface area contributed by atoms with Gasteiger partial charge in [0.1, 0.15) is 0 Å². The fourth-order valence-corrected chi connectivity index (χ4v) is 13.8. The van der Waals surface area contributed by atoms with Crippen molar-refractivity contribution in [3.63, 3.8) is 0 Å². The van der Waals surface area contributed by atoms with Crippen LogP contribution in [-0.4, -0.2) is 28.7 Å². The quantitative estimate of drug-likeness (QED) is 0.393. The minimum atomic E-state index is -1.41. The van der Waals surface area contributed by atoms with Gasteiger partial charge < -0.3 is 0 Å². The molecule has 100 valence electrons. The van der Waals surface area contributed by atoms with Crippen molar-refractivity contribution in [2.45, 2.75) is 58.9 Å². The molecule has 0 N–H and O–H groups in total. The van der Waals surface area contributed by atoms with Crippen LogP contribution in [0.15, 0.2) is 14.5 Å². The van der Waals surface area contributed by atoms with Crippen molar-refractivity contribution in [1.82, 2.24) is 0 Å². The molecule has 0 fully saturated rings. The highest BCUT2D eigenvalue weighted by molar-refractivity contribution is 7.34. The van der Waals surface area contributed by atoms with Gasteiger partial charge in [0.15, 0.2) is 0 Å². The summed E-state index contributed by atoms with van der Waals surface area (Å²) in [4.78, 5) is 8.98. The van der Waals surface area contributed by atoms with E-state index in [1.165, 1.54) is 0 Å². The lowest BCUT2D eigenvalue weighted by molar-refractivity contribution is -0.324. The molecule has 4 nitrogen and oxygen atoms in total. The Labute approximate surface area is 111 Å². The van der Waals surface area contributed by atoms with E-state index in [9.17, 15) is 0 Å². The zero-order chi connectivity index (χ0) is 13.9. The third kappa shape index (κ3) is 8.07. The van der Waals surface area contributed by atoms with Crippen LogP contribution >= 0.6 is 8.88 Å². The molecule has 0 radical (unpaired) electrons. The summed E-state index contributed by atoms with van der Waals surface area (Å²) < 4.78 is 6.78. The average molecular weight is 308 g/mol. The lowest BCUT2D eigenvalue weighted by atomic mass is 11.8. The second-order valence-electron chi connectivity index (χ2n) is 7.22. The smallest absolute Gasteiger partial charge is 0.268 e. The van der Waals surface area contributed by atoms with Crippen LogP contribution in [0.3, 0.4) is 0 Å². The summed E-state index contributed by atoms with van der Waals surface area (Å²) in [6, 6.07) is 0. The van der Waals surface area contributed by atoms with Crippen LogP contribution < -0.4 is 0 Å². The van der Waals surface area contributed by atoms with Crippen molar-refractivity contribution in [3.05, 3.63) is 0 Å². The van der Waals surface area contributed by atoms with Gasteiger partial charge in [-0.2, -0.15) is 4.88 Å². The molecular weight excluding hydrogens is 279 g/mol. The maximum Gasteiger partial charge on any atom is 0.352 e. The Morgan fingerprint density at radius 1 is 0.765 bits per heavy atom. The van der Waals surface area contributed by atoms with E-state index < -0.39 is 24.7 Å². The van der Waals surface area contributed by atoms with Crippen LogP contribution in [-0.2, 0) is 0 Å². The largest absolute Gasteiger partial charge is 0.352 e. The molecule has 0 aliphatic heterocycles. The molecule has 1 atom stereocenters. The Kier molecular flexibility index (Phi) is 6.05. The van der Waals surface area contributed by atoms with Crippen LogP contribution in [0.25, 0.3) is 0 Å². The Morgan fingerprint density at radius 2 is 1.18 bits per heavy atom. The van der Waals surface area contributed by atoms with Gasteiger partial charge in [-0.15, -0.1) is 0 Å².